The lowest BCUT2D eigenvalue weighted by atomic mass is 10.1. The molecule has 0 aromatic heterocycles. The Balaban J connectivity index is 2.58. The van der Waals surface area contributed by atoms with Crippen LogP contribution in [0.5, 0.6) is 0 Å². The number of likely N-dealkylation sites (N-methyl/N-ethyl adjacent to an activating group) is 1. The predicted octanol–water partition coefficient (Wildman–Crippen LogP) is 0.975. The quantitative estimate of drug-likeness (QED) is 0.799. The van der Waals surface area contributed by atoms with Gasteiger partial charge in [0.2, 0.25) is 0 Å². The van der Waals surface area contributed by atoms with Crippen molar-refractivity contribution in [2.45, 2.75) is 44.7 Å². The maximum atomic E-state index is 12.1. The van der Waals surface area contributed by atoms with E-state index in [9.17, 15) is 14.7 Å². The Morgan fingerprint density at radius 1 is 1.37 bits per heavy atom. The van der Waals surface area contributed by atoms with E-state index < -0.39 is 12.0 Å². The Morgan fingerprint density at radius 3 is 2.63 bits per heavy atom. The van der Waals surface area contributed by atoms with Crippen molar-refractivity contribution in [3.05, 3.63) is 0 Å². The van der Waals surface area contributed by atoms with Gasteiger partial charge in [0.05, 0.1) is 0 Å². The van der Waals surface area contributed by atoms with Gasteiger partial charge in [0.25, 0.3) is 0 Å². The van der Waals surface area contributed by atoms with Crippen LogP contribution in [0.2, 0.25) is 0 Å². The van der Waals surface area contributed by atoms with Gasteiger partial charge in [-0.15, -0.1) is 0 Å². The molecule has 0 radical (unpaired) electrons. The molecule has 0 spiro atoms. The van der Waals surface area contributed by atoms with E-state index in [2.05, 4.69) is 5.32 Å². The molecule has 2 unspecified atom stereocenters. The minimum Gasteiger partial charge on any atom is -0.480 e. The second kappa shape index (κ2) is 7.33. The molecular formula is C13H25N3O3. The topological polar surface area (TPSA) is 72.9 Å². The first-order valence-corrected chi connectivity index (χ1v) is 6.87. The third-order valence-corrected chi connectivity index (χ3v) is 3.73. The van der Waals surface area contributed by atoms with Crippen LogP contribution in [-0.4, -0.2) is 66.2 Å². The van der Waals surface area contributed by atoms with Gasteiger partial charge in [-0.2, -0.15) is 0 Å². The van der Waals surface area contributed by atoms with Gasteiger partial charge in [-0.25, -0.2) is 9.59 Å². The second-order valence-electron chi connectivity index (χ2n) is 5.40. The number of aliphatic carboxylic acids is 1. The van der Waals surface area contributed by atoms with Crippen LogP contribution in [0.15, 0.2) is 0 Å². The highest BCUT2D eigenvalue weighted by molar-refractivity contribution is 5.82. The first-order chi connectivity index (χ1) is 8.93. The van der Waals surface area contributed by atoms with Gasteiger partial charge in [-0.05, 0) is 33.9 Å². The van der Waals surface area contributed by atoms with Crippen molar-refractivity contribution < 1.29 is 14.7 Å². The zero-order valence-electron chi connectivity index (χ0n) is 12.1. The molecule has 110 valence electrons. The highest BCUT2D eigenvalue weighted by Crippen LogP contribution is 2.17. The fraction of sp³-hybridized carbons (Fsp3) is 0.846. The van der Waals surface area contributed by atoms with Gasteiger partial charge in [0.1, 0.15) is 6.04 Å². The molecule has 6 heteroatoms. The summed E-state index contributed by atoms with van der Waals surface area (Å²) in [5.41, 5.74) is 0. The Hall–Kier alpha value is -1.30. The molecule has 0 saturated carbocycles. The maximum absolute atomic E-state index is 12.1. The third-order valence-electron chi connectivity index (χ3n) is 3.73. The standard InChI is InChI=1S/C13H25N3O3/c1-10(15(2)3)9-14-13(19)16-8-6-4-5-7-11(16)12(17)18/h10-11H,4-9H2,1-3H3,(H,14,19)(H,17,18). The minimum absolute atomic E-state index is 0.221. The number of carboxylic acids is 1. The molecule has 1 rings (SSSR count). The van der Waals surface area contributed by atoms with Crippen LogP contribution < -0.4 is 5.32 Å². The average molecular weight is 271 g/mol. The zero-order chi connectivity index (χ0) is 14.4. The molecule has 19 heavy (non-hydrogen) atoms. The fourth-order valence-electron chi connectivity index (χ4n) is 2.13. The van der Waals surface area contributed by atoms with Gasteiger partial charge in [-0.3, -0.25) is 0 Å². The van der Waals surface area contributed by atoms with Gasteiger partial charge >= 0.3 is 12.0 Å². The zero-order valence-corrected chi connectivity index (χ0v) is 12.1. The number of carbonyl (C=O) groups is 2. The first-order valence-electron chi connectivity index (χ1n) is 6.87. The van der Waals surface area contributed by atoms with Crippen molar-refractivity contribution in [1.82, 2.24) is 15.1 Å². The van der Waals surface area contributed by atoms with Crippen LogP contribution in [0.1, 0.15) is 32.6 Å². The molecule has 1 heterocycles. The summed E-state index contributed by atoms with van der Waals surface area (Å²) >= 11 is 0. The molecule has 0 aromatic carbocycles. The largest absolute Gasteiger partial charge is 0.480 e. The summed E-state index contributed by atoms with van der Waals surface area (Å²) in [7, 11) is 3.89. The lowest BCUT2D eigenvalue weighted by Gasteiger charge is -2.28. The number of likely N-dealkylation sites (tertiary alicyclic amines) is 1. The summed E-state index contributed by atoms with van der Waals surface area (Å²) < 4.78 is 0. The third kappa shape index (κ3) is 4.70. The molecule has 1 aliphatic rings. The molecule has 1 fully saturated rings. The van der Waals surface area contributed by atoms with E-state index in [1.54, 1.807) is 0 Å². The Morgan fingerprint density at radius 2 is 2.05 bits per heavy atom. The van der Waals surface area contributed by atoms with Crippen LogP contribution in [0.25, 0.3) is 0 Å². The number of hydrogen-bond donors (Lipinski definition) is 2. The van der Waals surface area contributed by atoms with Crippen molar-refractivity contribution in [3.8, 4) is 0 Å². The van der Waals surface area contributed by atoms with Crippen molar-refractivity contribution in [3.63, 3.8) is 0 Å². The molecule has 0 aromatic rings. The number of amides is 2. The minimum atomic E-state index is -0.905. The first kappa shape index (κ1) is 15.8. The molecule has 1 saturated heterocycles. The van der Waals surface area contributed by atoms with E-state index in [4.69, 9.17) is 0 Å². The number of urea groups is 1. The Labute approximate surface area is 114 Å². The van der Waals surface area contributed by atoms with Gasteiger partial charge in [-0.1, -0.05) is 12.8 Å². The number of carbonyl (C=O) groups excluding carboxylic acids is 1. The number of nitrogens with zero attached hydrogens (tertiary/aromatic N) is 2. The average Bonchev–Trinajstić information content (AvgIpc) is 2.60. The summed E-state index contributed by atoms with van der Waals surface area (Å²) in [6, 6.07) is -0.723. The SMILES string of the molecule is CC(CNC(=O)N1CCCCCC1C(=O)O)N(C)C. The van der Waals surface area contributed by atoms with Gasteiger partial charge in [0.15, 0.2) is 0 Å². The summed E-state index contributed by atoms with van der Waals surface area (Å²) in [6.45, 7) is 3.06. The second-order valence-corrected chi connectivity index (χ2v) is 5.40. The molecule has 2 atom stereocenters. The van der Waals surface area contributed by atoms with E-state index in [0.29, 0.717) is 19.5 Å². The summed E-state index contributed by atoms with van der Waals surface area (Å²) in [6.07, 6.45) is 3.28. The number of carboxylic acid groups (broad SMARTS) is 1. The smallest absolute Gasteiger partial charge is 0.326 e. The van der Waals surface area contributed by atoms with Crippen LogP contribution in [-0.2, 0) is 4.79 Å². The van der Waals surface area contributed by atoms with E-state index in [1.165, 1.54) is 4.90 Å². The molecule has 0 aliphatic carbocycles. The van der Waals surface area contributed by atoms with E-state index in [1.807, 2.05) is 25.9 Å². The highest BCUT2D eigenvalue weighted by atomic mass is 16.4. The summed E-state index contributed by atoms with van der Waals surface area (Å²) in [5.74, 6) is -0.905. The van der Waals surface area contributed by atoms with Crippen LogP contribution >= 0.6 is 0 Å². The number of rotatable bonds is 4. The molecule has 2 N–H and O–H groups in total. The maximum Gasteiger partial charge on any atom is 0.326 e. The van der Waals surface area contributed by atoms with Crippen molar-refractivity contribution in [2.24, 2.45) is 0 Å². The highest BCUT2D eigenvalue weighted by Gasteiger charge is 2.30. The van der Waals surface area contributed by atoms with Gasteiger partial charge < -0.3 is 20.2 Å². The van der Waals surface area contributed by atoms with Crippen LogP contribution in [0.4, 0.5) is 4.79 Å². The predicted molar refractivity (Wildman–Crippen MR) is 73.1 cm³/mol. The van der Waals surface area contributed by atoms with Crippen LogP contribution in [0.3, 0.4) is 0 Å². The van der Waals surface area contributed by atoms with E-state index >= 15 is 0 Å². The van der Waals surface area contributed by atoms with Crippen LogP contribution in [0, 0.1) is 0 Å². The molecule has 6 nitrogen and oxygen atoms in total. The fourth-order valence-corrected chi connectivity index (χ4v) is 2.13. The van der Waals surface area contributed by atoms with E-state index in [0.717, 1.165) is 19.3 Å². The molecular weight excluding hydrogens is 246 g/mol. The normalized spacial score (nSPS) is 21.9. The van der Waals surface area contributed by atoms with E-state index in [-0.39, 0.29) is 12.1 Å². The molecule has 0 bridgehead atoms. The Kier molecular flexibility index (Phi) is 6.08. The van der Waals surface area contributed by atoms with Gasteiger partial charge in [0, 0.05) is 19.1 Å². The van der Waals surface area contributed by atoms with Crippen molar-refractivity contribution >= 4 is 12.0 Å². The molecule has 1 aliphatic heterocycles. The molecule has 2 amide bonds. The van der Waals surface area contributed by atoms with Crippen molar-refractivity contribution in [2.75, 3.05) is 27.2 Å². The Bertz CT molecular complexity index is 320. The summed E-state index contributed by atoms with van der Waals surface area (Å²) in [4.78, 5) is 26.8. The lowest BCUT2D eigenvalue weighted by Crippen LogP contribution is -2.51. The summed E-state index contributed by atoms with van der Waals surface area (Å²) in [5, 5.41) is 12.0. The lowest BCUT2D eigenvalue weighted by molar-refractivity contribution is -0.142. The monoisotopic (exact) mass is 271 g/mol. The number of nitrogens with one attached hydrogen (secondary N) is 1. The number of hydrogen-bond acceptors (Lipinski definition) is 3. The van der Waals surface area contributed by atoms with Crippen molar-refractivity contribution in [1.29, 1.82) is 0 Å².